The molecule has 0 unspecified atom stereocenters. The number of rotatable bonds is 7. The van der Waals surface area contributed by atoms with Gasteiger partial charge >= 0.3 is 0 Å². The smallest absolute Gasteiger partial charge is 0.119 e. The van der Waals surface area contributed by atoms with Gasteiger partial charge in [0.15, 0.2) is 0 Å². The van der Waals surface area contributed by atoms with Crippen molar-refractivity contribution in [2.75, 3.05) is 7.11 Å². The first-order valence-electron chi connectivity index (χ1n) is 8.38. The fourth-order valence-electron chi connectivity index (χ4n) is 2.62. The molecule has 25 heavy (non-hydrogen) atoms. The van der Waals surface area contributed by atoms with E-state index in [0.29, 0.717) is 6.61 Å². The van der Waals surface area contributed by atoms with Gasteiger partial charge in [-0.25, -0.2) is 0 Å². The molecule has 0 fully saturated rings. The molecule has 0 radical (unpaired) electrons. The summed E-state index contributed by atoms with van der Waals surface area (Å²) in [7, 11) is 1.68. The molecule has 0 amide bonds. The normalized spacial score (nSPS) is 12.2. The van der Waals surface area contributed by atoms with Crippen LogP contribution in [0.4, 0.5) is 0 Å². The minimum Gasteiger partial charge on any atom is -0.497 e. The SMILES string of the molecule is COc1cccc(CO[C@@H](/C=C/c2ccccc2)c2ccccc2)c1. The summed E-state index contributed by atoms with van der Waals surface area (Å²) in [6, 6.07) is 28.5. The summed E-state index contributed by atoms with van der Waals surface area (Å²) in [5.41, 5.74) is 3.39. The number of methoxy groups -OCH3 is 1. The first-order valence-corrected chi connectivity index (χ1v) is 8.38. The molecule has 0 saturated carbocycles. The number of hydrogen-bond acceptors (Lipinski definition) is 2. The highest BCUT2D eigenvalue weighted by molar-refractivity contribution is 5.50. The lowest BCUT2D eigenvalue weighted by Gasteiger charge is -2.15. The van der Waals surface area contributed by atoms with Crippen LogP contribution in [0.2, 0.25) is 0 Å². The van der Waals surface area contributed by atoms with Crippen LogP contribution in [0.5, 0.6) is 5.75 Å². The highest BCUT2D eigenvalue weighted by Gasteiger charge is 2.09. The van der Waals surface area contributed by atoms with Crippen LogP contribution in [0, 0.1) is 0 Å². The first kappa shape index (κ1) is 17.0. The molecule has 0 aliphatic carbocycles. The van der Waals surface area contributed by atoms with Crippen LogP contribution in [-0.4, -0.2) is 7.11 Å². The van der Waals surface area contributed by atoms with E-state index in [1.807, 2.05) is 60.7 Å². The third-order valence-electron chi connectivity index (χ3n) is 3.95. The largest absolute Gasteiger partial charge is 0.497 e. The van der Waals surface area contributed by atoms with Gasteiger partial charge in [-0.2, -0.15) is 0 Å². The predicted octanol–water partition coefficient (Wildman–Crippen LogP) is 5.67. The Hall–Kier alpha value is -2.84. The monoisotopic (exact) mass is 330 g/mol. The van der Waals surface area contributed by atoms with E-state index >= 15 is 0 Å². The van der Waals surface area contributed by atoms with Gasteiger partial charge in [0.25, 0.3) is 0 Å². The first-order chi connectivity index (χ1) is 12.3. The topological polar surface area (TPSA) is 18.5 Å². The number of benzene rings is 3. The molecule has 1 atom stereocenters. The van der Waals surface area contributed by atoms with Crippen molar-refractivity contribution < 1.29 is 9.47 Å². The summed E-state index contributed by atoms with van der Waals surface area (Å²) in [4.78, 5) is 0. The van der Waals surface area contributed by atoms with Crippen molar-refractivity contribution >= 4 is 6.08 Å². The van der Waals surface area contributed by atoms with E-state index < -0.39 is 0 Å². The third-order valence-corrected chi connectivity index (χ3v) is 3.95. The highest BCUT2D eigenvalue weighted by atomic mass is 16.5. The second kappa shape index (κ2) is 8.86. The summed E-state index contributed by atoms with van der Waals surface area (Å²) in [5, 5.41) is 0. The minimum atomic E-state index is -0.104. The molecule has 3 aromatic rings. The van der Waals surface area contributed by atoms with Crippen LogP contribution in [0.3, 0.4) is 0 Å². The van der Waals surface area contributed by atoms with E-state index in [1.165, 1.54) is 0 Å². The van der Waals surface area contributed by atoms with Crippen molar-refractivity contribution in [2.24, 2.45) is 0 Å². The van der Waals surface area contributed by atoms with E-state index in [4.69, 9.17) is 9.47 Å². The molecule has 0 N–H and O–H groups in total. The van der Waals surface area contributed by atoms with Crippen LogP contribution >= 0.6 is 0 Å². The molecule has 0 bridgehead atoms. The lowest BCUT2D eigenvalue weighted by molar-refractivity contribution is 0.0722. The summed E-state index contributed by atoms with van der Waals surface area (Å²) < 4.78 is 11.5. The molecule has 3 aromatic carbocycles. The summed E-state index contributed by atoms with van der Waals surface area (Å²) in [6.45, 7) is 0.524. The maximum Gasteiger partial charge on any atom is 0.119 e. The van der Waals surface area contributed by atoms with Crippen molar-refractivity contribution in [2.45, 2.75) is 12.7 Å². The Bertz CT molecular complexity index is 795. The zero-order chi connectivity index (χ0) is 17.3. The average molecular weight is 330 g/mol. The zero-order valence-corrected chi connectivity index (χ0v) is 14.3. The molecule has 2 nitrogen and oxygen atoms in total. The van der Waals surface area contributed by atoms with E-state index in [-0.39, 0.29) is 6.10 Å². The summed E-state index contributed by atoms with van der Waals surface area (Å²) in [5.74, 6) is 0.845. The molecule has 0 aliphatic heterocycles. The Morgan fingerprint density at radius 1 is 0.840 bits per heavy atom. The predicted molar refractivity (Wildman–Crippen MR) is 102 cm³/mol. The molecule has 0 saturated heterocycles. The maximum absolute atomic E-state index is 6.19. The molecule has 0 aromatic heterocycles. The van der Waals surface area contributed by atoms with E-state index in [0.717, 1.165) is 22.4 Å². The van der Waals surface area contributed by atoms with Gasteiger partial charge in [0.1, 0.15) is 11.9 Å². The Kier molecular flexibility index (Phi) is 6.02. The molecule has 0 aliphatic rings. The van der Waals surface area contributed by atoms with Gasteiger partial charge < -0.3 is 9.47 Å². The standard InChI is InChI=1S/C23H22O2/c1-24-22-14-8-11-20(17-22)18-25-23(21-12-6-3-7-13-21)16-15-19-9-4-2-5-10-19/h2-17,23H,18H2,1H3/b16-15+/t23-/m0/s1. The van der Waals surface area contributed by atoms with Gasteiger partial charge in [0.05, 0.1) is 13.7 Å². The van der Waals surface area contributed by atoms with Crippen molar-refractivity contribution in [1.29, 1.82) is 0 Å². The number of ether oxygens (including phenoxy) is 2. The number of hydrogen-bond donors (Lipinski definition) is 0. The Balaban J connectivity index is 1.75. The summed E-state index contributed by atoms with van der Waals surface area (Å²) in [6.07, 6.45) is 4.10. The Morgan fingerprint density at radius 2 is 1.56 bits per heavy atom. The third kappa shape index (κ3) is 5.07. The lowest BCUT2D eigenvalue weighted by Crippen LogP contribution is -2.02. The average Bonchev–Trinajstić information content (AvgIpc) is 2.69. The van der Waals surface area contributed by atoms with E-state index in [1.54, 1.807) is 7.11 Å². The van der Waals surface area contributed by atoms with E-state index in [2.05, 4.69) is 36.4 Å². The van der Waals surface area contributed by atoms with Crippen LogP contribution in [0.25, 0.3) is 6.08 Å². The Morgan fingerprint density at radius 3 is 2.28 bits per heavy atom. The molecule has 0 heterocycles. The molecule has 3 rings (SSSR count). The molecule has 2 heteroatoms. The highest BCUT2D eigenvalue weighted by Crippen LogP contribution is 2.23. The Labute approximate surface area is 149 Å². The lowest BCUT2D eigenvalue weighted by atomic mass is 10.1. The van der Waals surface area contributed by atoms with Gasteiger partial charge in [-0.15, -0.1) is 0 Å². The van der Waals surface area contributed by atoms with Crippen molar-refractivity contribution in [1.82, 2.24) is 0 Å². The van der Waals surface area contributed by atoms with Crippen LogP contribution < -0.4 is 4.74 Å². The minimum absolute atomic E-state index is 0.104. The molecular formula is C23H22O2. The summed E-state index contributed by atoms with van der Waals surface area (Å²) >= 11 is 0. The van der Waals surface area contributed by atoms with E-state index in [9.17, 15) is 0 Å². The van der Waals surface area contributed by atoms with Crippen molar-refractivity contribution in [3.63, 3.8) is 0 Å². The van der Waals surface area contributed by atoms with Gasteiger partial charge in [0, 0.05) is 0 Å². The second-order valence-corrected chi connectivity index (χ2v) is 5.76. The van der Waals surface area contributed by atoms with Gasteiger partial charge in [0.2, 0.25) is 0 Å². The van der Waals surface area contributed by atoms with Gasteiger partial charge in [-0.05, 0) is 28.8 Å². The quantitative estimate of drug-likeness (QED) is 0.556. The van der Waals surface area contributed by atoms with Gasteiger partial charge in [-0.1, -0.05) is 84.9 Å². The van der Waals surface area contributed by atoms with Gasteiger partial charge in [-0.3, -0.25) is 0 Å². The van der Waals surface area contributed by atoms with Crippen LogP contribution in [0.15, 0.2) is 91.0 Å². The van der Waals surface area contributed by atoms with Crippen LogP contribution in [-0.2, 0) is 11.3 Å². The second-order valence-electron chi connectivity index (χ2n) is 5.76. The molecule has 126 valence electrons. The fourth-order valence-corrected chi connectivity index (χ4v) is 2.62. The molecular weight excluding hydrogens is 308 g/mol. The zero-order valence-electron chi connectivity index (χ0n) is 14.3. The van der Waals surface area contributed by atoms with Crippen molar-refractivity contribution in [3.8, 4) is 5.75 Å². The van der Waals surface area contributed by atoms with Crippen LogP contribution in [0.1, 0.15) is 22.8 Å². The van der Waals surface area contributed by atoms with Crippen molar-refractivity contribution in [3.05, 3.63) is 108 Å². The molecule has 0 spiro atoms. The maximum atomic E-state index is 6.19. The fraction of sp³-hybridized carbons (Fsp3) is 0.130.